The van der Waals surface area contributed by atoms with Gasteiger partial charge in [-0.1, -0.05) is 50.2 Å². The van der Waals surface area contributed by atoms with E-state index in [-0.39, 0.29) is 24.0 Å². The quantitative estimate of drug-likeness (QED) is 0.845. The topological polar surface area (TPSA) is 67.6 Å². The Morgan fingerprint density at radius 1 is 1.33 bits per heavy atom. The number of rotatable bonds is 6. The van der Waals surface area contributed by atoms with Crippen LogP contribution in [0, 0.1) is 5.41 Å². The van der Waals surface area contributed by atoms with Crippen molar-refractivity contribution in [3.63, 3.8) is 0 Å². The molecule has 1 aliphatic heterocycles. The van der Waals surface area contributed by atoms with Crippen molar-refractivity contribution in [1.29, 1.82) is 0 Å². The van der Waals surface area contributed by atoms with Gasteiger partial charge in [-0.25, -0.2) is 0 Å². The molecule has 2 heterocycles. The Kier molecular flexibility index (Phi) is 5.97. The summed E-state index contributed by atoms with van der Waals surface area (Å²) >= 11 is 0. The number of nitrogens with one attached hydrogen (secondary N) is 1. The number of methoxy groups -OCH3 is 1. The van der Waals surface area contributed by atoms with Crippen molar-refractivity contribution >= 4 is 5.91 Å². The fraction of sp³-hybridized carbons (Fsp3) is 0.524. The molecule has 0 radical (unpaired) electrons. The standard InChI is InChI=1S/C21H29N3O3/c1-21(2,3)19(22-20(25)17-13-27-23-18(17)14-26-4)12-24-10-9-15-7-5-6-8-16(15)11-24/h5-8,13,19H,9-12,14H2,1-4H3,(H,22,25). The molecule has 1 atom stereocenters. The Morgan fingerprint density at radius 3 is 2.78 bits per heavy atom. The lowest BCUT2D eigenvalue weighted by atomic mass is 9.85. The van der Waals surface area contributed by atoms with Crippen molar-refractivity contribution in [2.45, 2.75) is 46.4 Å². The molecule has 1 amide bonds. The fourth-order valence-electron chi connectivity index (χ4n) is 3.43. The Labute approximate surface area is 160 Å². The van der Waals surface area contributed by atoms with Gasteiger partial charge in [-0.05, 0) is 23.0 Å². The number of hydrogen-bond acceptors (Lipinski definition) is 5. The van der Waals surface area contributed by atoms with E-state index in [0.29, 0.717) is 11.3 Å². The summed E-state index contributed by atoms with van der Waals surface area (Å²) in [5.41, 5.74) is 3.69. The summed E-state index contributed by atoms with van der Waals surface area (Å²) in [5, 5.41) is 7.06. The summed E-state index contributed by atoms with van der Waals surface area (Å²) in [6, 6.07) is 8.59. The maximum absolute atomic E-state index is 12.8. The molecule has 2 aromatic rings. The highest BCUT2D eigenvalue weighted by atomic mass is 16.5. The molecule has 6 heteroatoms. The molecule has 0 saturated carbocycles. The molecule has 1 aromatic carbocycles. The maximum Gasteiger partial charge on any atom is 0.256 e. The minimum atomic E-state index is -0.166. The molecule has 3 rings (SSSR count). The van der Waals surface area contributed by atoms with Crippen LogP contribution in [0.3, 0.4) is 0 Å². The van der Waals surface area contributed by atoms with Crippen LogP contribution < -0.4 is 5.32 Å². The average Bonchev–Trinajstić information content (AvgIpc) is 3.09. The maximum atomic E-state index is 12.8. The predicted molar refractivity (Wildman–Crippen MR) is 103 cm³/mol. The molecule has 6 nitrogen and oxygen atoms in total. The molecule has 0 spiro atoms. The van der Waals surface area contributed by atoms with Gasteiger partial charge in [-0.3, -0.25) is 9.69 Å². The van der Waals surface area contributed by atoms with Gasteiger partial charge in [0.25, 0.3) is 5.91 Å². The number of benzene rings is 1. The van der Waals surface area contributed by atoms with Crippen molar-refractivity contribution in [2.24, 2.45) is 5.41 Å². The van der Waals surface area contributed by atoms with Crippen LogP contribution in [-0.2, 0) is 24.3 Å². The number of carbonyl (C=O) groups excluding carboxylic acids is 1. The highest BCUT2D eigenvalue weighted by Gasteiger charge is 2.30. The van der Waals surface area contributed by atoms with Crippen LogP contribution in [0.2, 0.25) is 0 Å². The highest BCUT2D eigenvalue weighted by molar-refractivity contribution is 5.95. The van der Waals surface area contributed by atoms with Gasteiger partial charge in [0.15, 0.2) is 0 Å². The zero-order chi connectivity index (χ0) is 19.4. The minimum Gasteiger partial charge on any atom is -0.378 e. The van der Waals surface area contributed by atoms with E-state index in [0.717, 1.165) is 26.1 Å². The van der Waals surface area contributed by atoms with Crippen LogP contribution in [0.1, 0.15) is 48.0 Å². The van der Waals surface area contributed by atoms with Crippen LogP contribution >= 0.6 is 0 Å². The van der Waals surface area contributed by atoms with Crippen molar-refractivity contribution in [1.82, 2.24) is 15.4 Å². The monoisotopic (exact) mass is 371 g/mol. The lowest BCUT2D eigenvalue weighted by Crippen LogP contribution is -2.51. The molecule has 146 valence electrons. The van der Waals surface area contributed by atoms with Gasteiger partial charge in [-0.15, -0.1) is 0 Å². The molecular formula is C21H29N3O3. The first kappa shape index (κ1) is 19.6. The molecule has 0 fully saturated rings. The van der Waals surface area contributed by atoms with E-state index in [2.05, 4.69) is 60.4 Å². The average molecular weight is 371 g/mol. The number of ether oxygens (including phenoxy) is 1. The Balaban J connectivity index is 1.70. The second kappa shape index (κ2) is 8.23. The van der Waals surface area contributed by atoms with E-state index in [9.17, 15) is 4.79 Å². The Morgan fingerprint density at radius 2 is 2.07 bits per heavy atom. The van der Waals surface area contributed by atoms with E-state index >= 15 is 0 Å². The van der Waals surface area contributed by atoms with Gasteiger partial charge < -0.3 is 14.6 Å². The number of amides is 1. The van der Waals surface area contributed by atoms with E-state index in [1.54, 1.807) is 7.11 Å². The lowest BCUT2D eigenvalue weighted by molar-refractivity contribution is 0.0858. The fourth-order valence-corrected chi connectivity index (χ4v) is 3.43. The largest absolute Gasteiger partial charge is 0.378 e. The number of aromatic nitrogens is 1. The van der Waals surface area contributed by atoms with Crippen LogP contribution in [0.5, 0.6) is 0 Å². The molecule has 1 aromatic heterocycles. The normalized spacial score (nSPS) is 16.0. The smallest absolute Gasteiger partial charge is 0.256 e. The second-order valence-electron chi connectivity index (χ2n) is 8.25. The summed E-state index contributed by atoms with van der Waals surface area (Å²) in [4.78, 5) is 15.2. The zero-order valence-electron chi connectivity index (χ0n) is 16.6. The molecule has 1 aliphatic rings. The van der Waals surface area contributed by atoms with Crippen LogP contribution in [0.25, 0.3) is 0 Å². The molecular weight excluding hydrogens is 342 g/mol. The zero-order valence-corrected chi connectivity index (χ0v) is 16.6. The number of nitrogens with zero attached hydrogens (tertiary/aromatic N) is 2. The summed E-state index contributed by atoms with van der Waals surface area (Å²) in [6.07, 6.45) is 2.44. The number of hydrogen-bond donors (Lipinski definition) is 1. The van der Waals surface area contributed by atoms with E-state index in [4.69, 9.17) is 9.26 Å². The molecule has 1 unspecified atom stereocenters. The van der Waals surface area contributed by atoms with Gasteiger partial charge in [0.2, 0.25) is 0 Å². The first-order valence-electron chi connectivity index (χ1n) is 9.40. The molecule has 0 saturated heterocycles. The van der Waals surface area contributed by atoms with Gasteiger partial charge in [0.1, 0.15) is 17.5 Å². The van der Waals surface area contributed by atoms with Crippen LogP contribution in [0.4, 0.5) is 0 Å². The summed E-state index contributed by atoms with van der Waals surface area (Å²) in [7, 11) is 1.57. The van der Waals surface area contributed by atoms with Gasteiger partial charge >= 0.3 is 0 Å². The van der Waals surface area contributed by atoms with Crippen molar-refractivity contribution in [2.75, 3.05) is 20.2 Å². The minimum absolute atomic E-state index is 0.000516. The van der Waals surface area contributed by atoms with Gasteiger partial charge in [-0.2, -0.15) is 0 Å². The van der Waals surface area contributed by atoms with E-state index in [1.807, 2.05) is 0 Å². The molecule has 0 bridgehead atoms. The number of fused-ring (bicyclic) bond motifs is 1. The van der Waals surface area contributed by atoms with Crippen molar-refractivity contribution in [3.05, 3.63) is 52.9 Å². The van der Waals surface area contributed by atoms with Gasteiger partial charge in [0.05, 0.1) is 6.61 Å². The van der Waals surface area contributed by atoms with E-state index < -0.39 is 0 Å². The Bertz CT molecular complexity index is 779. The summed E-state index contributed by atoms with van der Waals surface area (Å²) in [5.74, 6) is -0.166. The highest BCUT2D eigenvalue weighted by Crippen LogP contribution is 2.24. The SMILES string of the molecule is COCc1nocc1C(=O)NC(CN1CCc2ccccc2C1)C(C)(C)C. The third-order valence-corrected chi connectivity index (χ3v) is 5.17. The van der Waals surface area contributed by atoms with Gasteiger partial charge in [0, 0.05) is 32.8 Å². The van der Waals surface area contributed by atoms with E-state index in [1.165, 1.54) is 17.4 Å². The third kappa shape index (κ3) is 4.76. The third-order valence-electron chi connectivity index (χ3n) is 5.17. The van der Waals surface area contributed by atoms with Crippen LogP contribution in [-0.4, -0.2) is 42.2 Å². The van der Waals surface area contributed by atoms with Crippen molar-refractivity contribution in [3.8, 4) is 0 Å². The summed E-state index contributed by atoms with van der Waals surface area (Å²) in [6.45, 7) is 9.43. The predicted octanol–water partition coefficient (Wildman–Crippen LogP) is 3.02. The molecule has 0 aliphatic carbocycles. The van der Waals surface area contributed by atoms with Crippen LogP contribution in [0.15, 0.2) is 35.1 Å². The second-order valence-corrected chi connectivity index (χ2v) is 8.25. The number of carbonyl (C=O) groups is 1. The first-order valence-corrected chi connectivity index (χ1v) is 9.40. The Hall–Kier alpha value is -2.18. The lowest BCUT2D eigenvalue weighted by Gasteiger charge is -2.37. The molecule has 1 N–H and O–H groups in total. The van der Waals surface area contributed by atoms with Crippen molar-refractivity contribution < 1.29 is 14.1 Å². The molecule has 27 heavy (non-hydrogen) atoms. The first-order chi connectivity index (χ1) is 12.9. The summed E-state index contributed by atoms with van der Waals surface area (Å²) < 4.78 is 10.1.